The molecule has 6 aliphatic rings. The minimum atomic E-state index is 0.398. The molecule has 6 rings (SSSR count). The molecule has 2 heterocycles. The second-order valence-electron chi connectivity index (χ2n) is 9.60. The molecule has 1 N–H and O–H groups in total. The van der Waals surface area contributed by atoms with Gasteiger partial charge in [-0.15, -0.1) is 0 Å². The normalized spacial score (nSPS) is 48.9. The van der Waals surface area contributed by atoms with Crippen molar-refractivity contribution in [3.05, 3.63) is 0 Å². The van der Waals surface area contributed by atoms with Crippen molar-refractivity contribution in [3.8, 4) is 0 Å². The lowest BCUT2D eigenvalue weighted by Gasteiger charge is -2.55. The lowest BCUT2D eigenvalue weighted by atomic mass is 9.51. The first-order valence-corrected chi connectivity index (χ1v) is 10.2. The van der Waals surface area contributed by atoms with E-state index in [1.807, 2.05) is 0 Å². The molecule has 3 nitrogen and oxygen atoms in total. The zero-order chi connectivity index (χ0) is 15.4. The fourth-order valence-electron chi connectivity index (χ4n) is 7.31. The predicted octanol–water partition coefficient (Wildman–Crippen LogP) is 3.05. The van der Waals surface area contributed by atoms with E-state index in [0.29, 0.717) is 17.2 Å². The van der Waals surface area contributed by atoms with Crippen LogP contribution in [0.15, 0.2) is 0 Å². The van der Waals surface area contributed by atoms with Gasteiger partial charge in [0.25, 0.3) is 0 Å². The van der Waals surface area contributed by atoms with Crippen molar-refractivity contribution in [3.63, 3.8) is 0 Å². The summed E-state index contributed by atoms with van der Waals surface area (Å²) in [4.78, 5) is 15.7. The summed E-state index contributed by atoms with van der Waals surface area (Å²) in [6.07, 6.45) is 12.1. The van der Waals surface area contributed by atoms with Gasteiger partial charge in [-0.1, -0.05) is 0 Å². The van der Waals surface area contributed by atoms with Gasteiger partial charge in [-0.25, -0.2) is 0 Å². The Bertz CT molecular complexity index is 449. The van der Waals surface area contributed by atoms with E-state index in [-0.39, 0.29) is 0 Å². The molecule has 1 atom stereocenters. The van der Waals surface area contributed by atoms with Crippen LogP contribution in [0.2, 0.25) is 0 Å². The van der Waals surface area contributed by atoms with Gasteiger partial charge in [0.05, 0.1) is 0 Å². The lowest BCUT2D eigenvalue weighted by molar-refractivity contribution is -0.153. The highest BCUT2D eigenvalue weighted by atomic mass is 16.2. The van der Waals surface area contributed by atoms with Crippen molar-refractivity contribution >= 4 is 5.91 Å². The Kier molecular flexibility index (Phi) is 3.51. The highest BCUT2D eigenvalue weighted by molar-refractivity contribution is 5.80. The number of hydrogen-bond donors (Lipinski definition) is 1. The van der Waals surface area contributed by atoms with Gasteiger partial charge in [0.1, 0.15) is 0 Å². The number of nitrogens with one attached hydrogen (secondary N) is 1. The van der Waals surface area contributed by atoms with E-state index in [0.717, 1.165) is 43.3 Å². The monoisotopic (exact) mass is 316 g/mol. The van der Waals surface area contributed by atoms with E-state index in [1.165, 1.54) is 64.3 Å². The number of rotatable bonds is 1. The van der Waals surface area contributed by atoms with Crippen molar-refractivity contribution in [1.82, 2.24) is 10.2 Å². The summed E-state index contributed by atoms with van der Waals surface area (Å²) >= 11 is 0. The van der Waals surface area contributed by atoms with Gasteiger partial charge >= 0.3 is 0 Å². The molecule has 0 aromatic heterocycles. The molecular weight excluding hydrogens is 284 g/mol. The van der Waals surface area contributed by atoms with Crippen LogP contribution in [0.3, 0.4) is 0 Å². The highest BCUT2D eigenvalue weighted by Crippen LogP contribution is 2.57. The largest absolute Gasteiger partial charge is 0.342 e. The maximum Gasteiger partial charge on any atom is 0.226 e. The van der Waals surface area contributed by atoms with Crippen LogP contribution in [-0.2, 0) is 4.79 Å². The molecule has 3 heteroatoms. The van der Waals surface area contributed by atoms with Crippen LogP contribution in [0.5, 0.6) is 0 Å². The van der Waals surface area contributed by atoms with E-state index in [1.54, 1.807) is 0 Å². The zero-order valence-electron chi connectivity index (χ0n) is 14.4. The number of piperidine rings is 2. The quantitative estimate of drug-likeness (QED) is 0.806. The lowest BCUT2D eigenvalue weighted by Crippen LogP contribution is -2.57. The fraction of sp³-hybridized carbons (Fsp3) is 0.950. The van der Waals surface area contributed by atoms with Crippen LogP contribution in [0.1, 0.15) is 57.8 Å². The first kappa shape index (κ1) is 14.7. The molecule has 1 unspecified atom stereocenters. The van der Waals surface area contributed by atoms with Crippen LogP contribution in [0.25, 0.3) is 0 Å². The Hall–Kier alpha value is -0.570. The van der Waals surface area contributed by atoms with Gasteiger partial charge < -0.3 is 10.2 Å². The zero-order valence-corrected chi connectivity index (χ0v) is 14.4. The molecule has 4 aliphatic carbocycles. The van der Waals surface area contributed by atoms with Crippen molar-refractivity contribution in [1.29, 1.82) is 0 Å². The summed E-state index contributed by atoms with van der Waals surface area (Å²) in [6.45, 7) is 4.38. The third-order valence-electron chi connectivity index (χ3n) is 8.05. The summed E-state index contributed by atoms with van der Waals surface area (Å²) in [6, 6.07) is 0. The van der Waals surface area contributed by atoms with Gasteiger partial charge in [0.15, 0.2) is 0 Å². The van der Waals surface area contributed by atoms with E-state index in [2.05, 4.69) is 10.2 Å². The number of amides is 1. The Morgan fingerprint density at radius 2 is 1.65 bits per heavy atom. The first-order chi connectivity index (χ1) is 11.2. The Morgan fingerprint density at radius 1 is 0.957 bits per heavy atom. The molecule has 4 bridgehead atoms. The third kappa shape index (κ3) is 2.45. The molecule has 1 amide bonds. The number of hydrogen-bond acceptors (Lipinski definition) is 2. The smallest absolute Gasteiger partial charge is 0.226 e. The second-order valence-corrected chi connectivity index (χ2v) is 9.60. The van der Waals surface area contributed by atoms with Crippen LogP contribution in [-0.4, -0.2) is 37.0 Å². The third-order valence-corrected chi connectivity index (χ3v) is 8.05. The molecule has 0 aromatic carbocycles. The van der Waals surface area contributed by atoms with Crippen LogP contribution in [0, 0.1) is 35.0 Å². The van der Waals surface area contributed by atoms with Gasteiger partial charge in [0.2, 0.25) is 5.91 Å². The van der Waals surface area contributed by atoms with Crippen LogP contribution >= 0.6 is 0 Å². The molecule has 2 saturated heterocycles. The second kappa shape index (κ2) is 5.47. The van der Waals surface area contributed by atoms with Gasteiger partial charge in [-0.2, -0.15) is 0 Å². The average Bonchev–Trinajstić information content (AvgIpc) is 2.54. The van der Waals surface area contributed by atoms with Crippen LogP contribution in [0.4, 0.5) is 0 Å². The number of likely N-dealkylation sites (tertiary alicyclic amines) is 1. The van der Waals surface area contributed by atoms with Crippen molar-refractivity contribution in [2.75, 3.05) is 26.2 Å². The van der Waals surface area contributed by atoms with E-state index >= 15 is 0 Å². The molecule has 0 aromatic rings. The topological polar surface area (TPSA) is 32.3 Å². The molecule has 2 aliphatic heterocycles. The van der Waals surface area contributed by atoms with Crippen molar-refractivity contribution in [2.24, 2.45) is 35.0 Å². The molecular formula is C20H32N2O. The Morgan fingerprint density at radius 3 is 2.30 bits per heavy atom. The SMILES string of the molecule is O=C(C1C2CC3CC(C2)CC1C3)N1CCCC2(CCCNC2)C1. The first-order valence-electron chi connectivity index (χ1n) is 10.2. The number of carbonyl (C=O) groups is 1. The molecule has 1 spiro atoms. The summed E-state index contributed by atoms with van der Waals surface area (Å²) in [7, 11) is 0. The predicted molar refractivity (Wildman–Crippen MR) is 90.9 cm³/mol. The van der Waals surface area contributed by atoms with Crippen molar-refractivity contribution in [2.45, 2.75) is 57.8 Å². The molecule has 0 radical (unpaired) electrons. The van der Waals surface area contributed by atoms with Gasteiger partial charge in [-0.3, -0.25) is 4.79 Å². The molecule has 128 valence electrons. The fourth-order valence-corrected chi connectivity index (χ4v) is 7.31. The van der Waals surface area contributed by atoms with Gasteiger partial charge in [-0.05, 0) is 88.0 Å². The Balaban J connectivity index is 1.32. The number of nitrogens with zero attached hydrogens (tertiary/aromatic N) is 1. The minimum absolute atomic E-state index is 0.398. The van der Waals surface area contributed by atoms with Crippen LogP contribution < -0.4 is 5.32 Å². The minimum Gasteiger partial charge on any atom is -0.342 e. The van der Waals surface area contributed by atoms with Crippen molar-refractivity contribution < 1.29 is 4.79 Å². The maximum atomic E-state index is 13.4. The summed E-state index contributed by atoms with van der Waals surface area (Å²) in [5.41, 5.74) is 0.401. The van der Waals surface area contributed by atoms with E-state index in [9.17, 15) is 4.79 Å². The molecule has 23 heavy (non-hydrogen) atoms. The van der Waals surface area contributed by atoms with Gasteiger partial charge in [0, 0.05) is 31.0 Å². The number of carbonyl (C=O) groups excluding carboxylic acids is 1. The molecule has 6 fully saturated rings. The highest BCUT2D eigenvalue weighted by Gasteiger charge is 2.52. The average molecular weight is 316 g/mol. The standard InChI is InChI=1S/C20H32N2O/c23-19(18-16-8-14-7-15(10-16)11-17(18)9-14)22-6-2-4-20(13-22)3-1-5-21-12-20/h14-18,21H,1-13H2. The maximum absolute atomic E-state index is 13.4. The van der Waals surface area contributed by atoms with E-state index in [4.69, 9.17) is 0 Å². The molecule has 4 saturated carbocycles. The summed E-state index contributed by atoms with van der Waals surface area (Å²) < 4.78 is 0. The Labute approximate surface area is 140 Å². The summed E-state index contributed by atoms with van der Waals surface area (Å²) in [5.74, 6) is 4.37. The summed E-state index contributed by atoms with van der Waals surface area (Å²) in [5, 5.41) is 3.60. The van der Waals surface area contributed by atoms with E-state index < -0.39 is 0 Å².